The van der Waals surface area contributed by atoms with Gasteiger partial charge in [-0.15, -0.1) is 11.8 Å². The monoisotopic (exact) mass is 391 g/mol. The average Bonchev–Trinajstić information content (AvgIpc) is 3.42. The number of aromatic nitrogens is 1. The van der Waals surface area contributed by atoms with E-state index < -0.39 is 6.04 Å². The molecule has 0 bridgehead atoms. The summed E-state index contributed by atoms with van der Waals surface area (Å²) in [6, 6.07) is 3.26. The van der Waals surface area contributed by atoms with Gasteiger partial charge in [0.15, 0.2) is 0 Å². The van der Waals surface area contributed by atoms with Crippen molar-refractivity contribution in [1.29, 1.82) is 0 Å². The zero-order valence-corrected chi connectivity index (χ0v) is 18.2. The van der Waals surface area contributed by atoms with Gasteiger partial charge in [-0.2, -0.15) is 0 Å². The number of amides is 2. The van der Waals surface area contributed by atoms with Gasteiger partial charge in [-0.25, -0.2) is 4.98 Å². The number of thioether (sulfide) groups is 1. The molecule has 1 fully saturated rings. The lowest BCUT2D eigenvalue weighted by atomic mass is 9.87. The van der Waals surface area contributed by atoms with Crippen LogP contribution in [0.3, 0.4) is 0 Å². The lowest BCUT2D eigenvalue weighted by Crippen LogP contribution is -2.47. The molecule has 0 aromatic carbocycles. The van der Waals surface area contributed by atoms with Gasteiger partial charge < -0.3 is 10.6 Å². The Bertz CT molecular complexity index is 678. The Kier molecular flexibility index (Phi) is 7.32. The second-order valence-corrected chi connectivity index (χ2v) is 9.98. The Morgan fingerprint density at radius 1 is 1.26 bits per heavy atom. The normalized spacial score (nSPS) is 15.5. The van der Waals surface area contributed by atoms with Crippen LogP contribution in [0.2, 0.25) is 0 Å². The van der Waals surface area contributed by atoms with Crippen LogP contribution in [0.1, 0.15) is 75.9 Å². The molecule has 0 radical (unpaired) electrons. The summed E-state index contributed by atoms with van der Waals surface area (Å²) in [7, 11) is 1.59. The number of nitrogens with zero attached hydrogens (tertiary/aromatic N) is 1. The maximum Gasteiger partial charge on any atom is 0.270 e. The summed E-state index contributed by atoms with van der Waals surface area (Å²) < 4.78 is 0. The molecule has 1 aromatic rings. The fraction of sp³-hybridized carbons (Fsp3) is 0.667. The quantitative estimate of drug-likeness (QED) is 0.658. The van der Waals surface area contributed by atoms with E-state index in [1.807, 2.05) is 6.07 Å². The third kappa shape index (κ3) is 6.83. The zero-order valence-electron chi connectivity index (χ0n) is 17.4. The smallest absolute Gasteiger partial charge is 0.270 e. The van der Waals surface area contributed by atoms with E-state index in [1.54, 1.807) is 24.9 Å². The summed E-state index contributed by atoms with van der Waals surface area (Å²) in [5, 5.41) is 6.48. The Labute approximate surface area is 167 Å². The molecular weight excluding hydrogens is 358 g/mol. The van der Waals surface area contributed by atoms with E-state index in [4.69, 9.17) is 0 Å². The lowest BCUT2D eigenvalue weighted by molar-refractivity contribution is -0.123. The number of carbonyl (C=O) groups excluding carboxylic acids is 2. The molecule has 0 aliphatic heterocycles. The summed E-state index contributed by atoms with van der Waals surface area (Å²) in [6.07, 6.45) is 2.97. The first kappa shape index (κ1) is 21.7. The first-order chi connectivity index (χ1) is 12.6. The molecule has 27 heavy (non-hydrogen) atoms. The number of pyridine rings is 1. The van der Waals surface area contributed by atoms with E-state index >= 15 is 0 Å². The molecule has 1 saturated carbocycles. The van der Waals surface area contributed by atoms with Crippen molar-refractivity contribution in [3.05, 3.63) is 23.4 Å². The van der Waals surface area contributed by atoms with Gasteiger partial charge in [0.1, 0.15) is 16.8 Å². The molecule has 150 valence electrons. The van der Waals surface area contributed by atoms with Gasteiger partial charge in [-0.3, -0.25) is 9.59 Å². The number of hydrogen-bond donors (Lipinski definition) is 2. The van der Waals surface area contributed by atoms with Crippen molar-refractivity contribution >= 4 is 23.6 Å². The average molecular weight is 392 g/mol. The van der Waals surface area contributed by atoms with Crippen LogP contribution in [0, 0.1) is 11.3 Å². The number of carbonyl (C=O) groups is 2. The maximum atomic E-state index is 12.8. The van der Waals surface area contributed by atoms with Crippen LogP contribution in [-0.2, 0) is 4.79 Å². The SMILES string of the molecule is CNC(=O)[C@H](CC(C)(C)C)NC(=O)c1ccc(C2CC2)c(SCC(C)C)n1. The Hall–Kier alpha value is -1.56. The molecule has 5 nitrogen and oxygen atoms in total. The Morgan fingerprint density at radius 2 is 1.93 bits per heavy atom. The van der Waals surface area contributed by atoms with Crippen LogP contribution >= 0.6 is 11.8 Å². The fourth-order valence-electron chi connectivity index (χ4n) is 2.87. The molecule has 0 unspecified atom stereocenters. The van der Waals surface area contributed by atoms with Crippen LogP contribution in [0.15, 0.2) is 17.2 Å². The minimum atomic E-state index is -0.570. The number of hydrogen-bond acceptors (Lipinski definition) is 4. The van der Waals surface area contributed by atoms with Crippen molar-refractivity contribution in [2.24, 2.45) is 11.3 Å². The predicted molar refractivity (Wildman–Crippen MR) is 111 cm³/mol. The van der Waals surface area contributed by atoms with Crippen molar-refractivity contribution < 1.29 is 9.59 Å². The minimum Gasteiger partial charge on any atom is -0.357 e. The second-order valence-electron chi connectivity index (χ2n) is 8.98. The van der Waals surface area contributed by atoms with Gasteiger partial charge in [0.25, 0.3) is 5.91 Å². The Balaban J connectivity index is 2.18. The number of rotatable bonds is 8. The molecule has 1 aliphatic rings. The lowest BCUT2D eigenvalue weighted by Gasteiger charge is -2.25. The van der Waals surface area contributed by atoms with Crippen LogP contribution in [0.25, 0.3) is 0 Å². The molecule has 2 rings (SSSR count). The first-order valence-electron chi connectivity index (χ1n) is 9.77. The van der Waals surface area contributed by atoms with Crippen molar-refractivity contribution in [2.75, 3.05) is 12.8 Å². The standard InChI is InChI=1S/C21H33N3O2S/c1-13(2)12-27-20-15(14-7-8-14)9-10-16(24-20)19(26)23-17(18(25)22-6)11-21(3,4)5/h9-10,13-14,17H,7-8,11-12H2,1-6H3,(H,22,25)(H,23,26)/t17-/m0/s1. The molecule has 2 amide bonds. The van der Waals surface area contributed by atoms with E-state index in [0.29, 0.717) is 24.0 Å². The summed E-state index contributed by atoms with van der Waals surface area (Å²) in [5.41, 5.74) is 1.56. The molecule has 0 saturated heterocycles. The topological polar surface area (TPSA) is 71.1 Å². The van der Waals surface area contributed by atoms with E-state index in [0.717, 1.165) is 10.8 Å². The van der Waals surface area contributed by atoms with Gasteiger partial charge in [-0.1, -0.05) is 40.7 Å². The van der Waals surface area contributed by atoms with Gasteiger partial charge >= 0.3 is 0 Å². The summed E-state index contributed by atoms with van der Waals surface area (Å²) >= 11 is 1.72. The van der Waals surface area contributed by atoms with Gasteiger partial charge in [0, 0.05) is 12.8 Å². The third-order valence-electron chi connectivity index (χ3n) is 4.38. The van der Waals surface area contributed by atoms with E-state index in [1.165, 1.54) is 18.4 Å². The number of likely N-dealkylation sites (N-methyl/N-ethyl adjacent to an activating group) is 1. The molecule has 1 aromatic heterocycles. The second kappa shape index (κ2) is 9.09. The molecule has 2 N–H and O–H groups in total. The molecule has 6 heteroatoms. The van der Waals surface area contributed by atoms with Crippen LogP contribution in [0.4, 0.5) is 0 Å². The summed E-state index contributed by atoms with van der Waals surface area (Å²) in [5.74, 6) is 1.65. The fourth-order valence-corrected chi connectivity index (χ4v) is 3.93. The van der Waals surface area contributed by atoms with Gasteiger partial charge in [0.2, 0.25) is 5.91 Å². The first-order valence-corrected chi connectivity index (χ1v) is 10.8. The van der Waals surface area contributed by atoms with E-state index in [-0.39, 0.29) is 17.2 Å². The molecule has 1 aliphatic carbocycles. The predicted octanol–water partition coefficient (Wildman–Crippen LogP) is 3.99. The van der Waals surface area contributed by atoms with Crippen LogP contribution in [0.5, 0.6) is 0 Å². The van der Waals surface area contributed by atoms with Crippen molar-refractivity contribution in [1.82, 2.24) is 15.6 Å². The highest BCUT2D eigenvalue weighted by Gasteiger charge is 2.29. The zero-order chi connectivity index (χ0) is 20.2. The van der Waals surface area contributed by atoms with Crippen LogP contribution < -0.4 is 10.6 Å². The summed E-state index contributed by atoms with van der Waals surface area (Å²) in [6.45, 7) is 10.5. The highest BCUT2D eigenvalue weighted by Crippen LogP contribution is 2.43. The molecule has 1 heterocycles. The Morgan fingerprint density at radius 3 is 2.44 bits per heavy atom. The van der Waals surface area contributed by atoms with Gasteiger partial charge in [-0.05, 0) is 48.1 Å². The van der Waals surface area contributed by atoms with E-state index in [2.05, 4.69) is 50.2 Å². The van der Waals surface area contributed by atoms with Gasteiger partial charge in [0.05, 0.1) is 0 Å². The third-order valence-corrected chi connectivity index (χ3v) is 5.81. The van der Waals surface area contributed by atoms with Crippen molar-refractivity contribution in [3.8, 4) is 0 Å². The van der Waals surface area contributed by atoms with Crippen molar-refractivity contribution in [3.63, 3.8) is 0 Å². The highest BCUT2D eigenvalue weighted by atomic mass is 32.2. The molecule has 0 spiro atoms. The highest BCUT2D eigenvalue weighted by molar-refractivity contribution is 7.99. The van der Waals surface area contributed by atoms with Crippen molar-refractivity contribution in [2.45, 2.75) is 70.9 Å². The molecular formula is C21H33N3O2S. The summed E-state index contributed by atoms with van der Waals surface area (Å²) in [4.78, 5) is 29.6. The minimum absolute atomic E-state index is 0.0774. The largest absolute Gasteiger partial charge is 0.357 e. The molecule has 1 atom stereocenters. The maximum absolute atomic E-state index is 12.8. The van der Waals surface area contributed by atoms with Crippen LogP contribution in [-0.4, -0.2) is 35.6 Å². The number of nitrogens with one attached hydrogen (secondary N) is 2. The van der Waals surface area contributed by atoms with E-state index in [9.17, 15) is 9.59 Å².